The van der Waals surface area contributed by atoms with E-state index >= 15 is 0 Å². The molecule has 0 fully saturated rings. The van der Waals surface area contributed by atoms with Crippen LogP contribution >= 0.6 is 0 Å². The van der Waals surface area contributed by atoms with Crippen LogP contribution in [0.15, 0.2) is 67.0 Å². The van der Waals surface area contributed by atoms with Crippen LogP contribution in [0, 0.1) is 12.7 Å². The number of aryl methyl sites for hydroxylation is 1. The third-order valence-corrected chi connectivity index (χ3v) is 4.23. The summed E-state index contributed by atoms with van der Waals surface area (Å²) in [5, 5.41) is 6.15. The second-order valence-corrected chi connectivity index (χ2v) is 6.43. The van der Waals surface area contributed by atoms with Gasteiger partial charge in [-0.2, -0.15) is 0 Å². The van der Waals surface area contributed by atoms with E-state index in [0.717, 1.165) is 16.8 Å². The number of nitrogens with one attached hydrogen (secondary N) is 2. The zero-order valence-corrected chi connectivity index (χ0v) is 15.2. The van der Waals surface area contributed by atoms with Gasteiger partial charge in [0.05, 0.1) is 11.3 Å². The van der Waals surface area contributed by atoms with Crippen LogP contribution in [0.2, 0.25) is 0 Å². The average Bonchev–Trinajstić information content (AvgIpc) is 2.69. The molecule has 0 aliphatic heterocycles. The standard InChI is InChI=1S/C22H22FN3O/c1-16-2-4-18(5-3-16)13-26-21-12-19(14-24-15-21)22(27)25-11-10-17-6-8-20(23)9-7-17/h2-9,12,14-15,26H,10-11,13H2,1H3,(H,25,27). The number of rotatable bonds is 7. The molecule has 2 N–H and O–H groups in total. The van der Waals surface area contributed by atoms with E-state index in [2.05, 4.69) is 46.8 Å². The summed E-state index contributed by atoms with van der Waals surface area (Å²) in [7, 11) is 0. The largest absolute Gasteiger partial charge is 0.380 e. The van der Waals surface area contributed by atoms with Gasteiger partial charge in [0.2, 0.25) is 0 Å². The van der Waals surface area contributed by atoms with E-state index in [1.54, 1.807) is 30.6 Å². The Balaban J connectivity index is 1.51. The molecule has 0 radical (unpaired) electrons. The number of carbonyl (C=O) groups excluding carboxylic acids is 1. The van der Waals surface area contributed by atoms with E-state index in [-0.39, 0.29) is 11.7 Å². The molecule has 1 heterocycles. The van der Waals surface area contributed by atoms with E-state index in [9.17, 15) is 9.18 Å². The van der Waals surface area contributed by atoms with Crippen molar-refractivity contribution in [3.63, 3.8) is 0 Å². The van der Waals surface area contributed by atoms with Crippen molar-refractivity contribution in [3.05, 3.63) is 95.1 Å². The predicted molar refractivity (Wildman–Crippen MR) is 105 cm³/mol. The molecular weight excluding hydrogens is 341 g/mol. The lowest BCUT2D eigenvalue weighted by atomic mass is 10.1. The van der Waals surface area contributed by atoms with Gasteiger partial charge in [-0.05, 0) is 42.7 Å². The van der Waals surface area contributed by atoms with Crippen LogP contribution in [-0.2, 0) is 13.0 Å². The molecule has 0 aliphatic carbocycles. The fourth-order valence-corrected chi connectivity index (χ4v) is 2.64. The number of benzene rings is 2. The number of hydrogen-bond acceptors (Lipinski definition) is 3. The summed E-state index contributed by atoms with van der Waals surface area (Å²) >= 11 is 0. The molecule has 4 nitrogen and oxygen atoms in total. The number of carbonyl (C=O) groups is 1. The van der Waals surface area contributed by atoms with Gasteiger partial charge in [0, 0.05) is 25.5 Å². The molecule has 0 saturated heterocycles. The Kier molecular flexibility index (Phi) is 6.15. The quantitative estimate of drug-likeness (QED) is 0.664. The van der Waals surface area contributed by atoms with Crippen molar-refractivity contribution in [2.75, 3.05) is 11.9 Å². The maximum atomic E-state index is 12.9. The van der Waals surface area contributed by atoms with Gasteiger partial charge in [-0.25, -0.2) is 4.39 Å². The number of aromatic nitrogens is 1. The molecule has 138 valence electrons. The number of amides is 1. The zero-order chi connectivity index (χ0) is 19.1. The molecule has 5 heteroatoms. The van der Waals surface area contributed by atoms with Crippen molar-refractivity contribution in [1.82, 2.24) is 10.3 Å². The summed E-state index contributed by atoms with van der Waals surface area (Å²) in [6, 6.07) is 16.4. The average molecular weight is 363 g/mol. The van der Waals surface area contributed by atoms with Gasteiger partial charge in [-0.15, -0.1) is 0 Å². The first-order chi connectivity index (χ1) is 13.1. The minimum absolute atomic E-state index is 0.177. The molecule has 3 aromatic rings. The smallest absolute Gasteiger partial charge is 0.252 e. The third-order valence-electron chi connectivity index (χ3n) is 4.23. The summed E-state index contributed by atoms with van der Waals surface area (Å²) in [5.41, 5.74) is 4.66. The highest BCUT2D eigenvalue weighted by Gasteiger charge is 2.07. The lowest BCUT2D eigenvalue weighted by Crippen LogP contribution is -2.25. The van der Waals surface area contributed by atoms with Gasteiger partial charge < -0.3 is 10.6 Å². The molecular formula is C22H22FN3O. The highest BCUT2D eigenvalue weighted by molar-refractivity contribution is 5.94. The van der Waals surface area contributed by atoms with Crippen LogP contribution < -0.4 is 10.6 Å². The van der Waals surface area contributed by atoms with Crippen molar-refractivity contribution in [2.24, 2.45) is 0 Å². The Bertz CT molecular complexity index is 892. The summed E-state index contributed by atoms with van der Waals surface area (Å²) in [4.78, 5) is 16.5. The highest BCUT2D eigenvalue weighted by Crippen LogP contribution is 2.11. The van der Waals surface area contributed by atoms with Gasteiger partial charge in [0.1, 0.15) is 5.82 Å². The van der Waals surface area contributed by atoms with Crippen LogP contribution in [0.1, 0.15) is 27.0 Å². The van der Waals surface area contributed by atoms with Crippen LogP contribution in [0.25, 0.3) is 0 Å². The molecule has 0 unspecified atom stereocenters. The second-order valence-electron chi connectivity index (χ2n) is 6.43. The Morgan fingerprint density at radius 3 is 2.44 bits per heavy atom. The van der Waals surface area contributed by atoms with Gasteiger partial charge in [0.15, 0.2) is 0 Å². The molecule has 27 heavy (non-hydrogen) atoms. The SMILES string of the molecule is Cc1ccc(CNc2cncc(C(=O)NCCc3ccc(F)cc3)c2)cc1. The van der Waals surface area contributed by atoms with Crippen molar-refractivity contribution >= 4 is 11.6 Å². The van der Waals surface area contributed by atoms with Crippen molar-refractivity contribution < 1.29 is 9.18 Å². The van der Waals surface area contributed by atoms with Crippen LogP contribution in [0.5, 0.6) is 0 Å². The van der Waals surface area contributed by atoms with E-state index in [1.165, 1.54) is 17.7 Å². The van der Waals surface area contributed by atoms with Crippen molar-refractivity contribution in [2.45, 2.75) is 19.9 Å². The zero-order valence-electron chi connectivity index (χ0n) is 15.2. The summed E-state index contributed by atoms with van der Waals surface area (Å²) in [5.74, 6) is -0.438. The second kappa shape index (κ2) is 8.94. The monoisotopic (exact) mass is 363 g/mol. The predicted octanol–water partition coefficient (Wildman–Crippen LogP) is 4.11. The van der Waals surface area contributed by atoms with Gasteiger partial charge in [-0.1, -0.05) is 42.0 Å². The number of nitrogens with zero attached hydrogens (tertiary/aromatic N) is 1. The fraction of sp³-hybridized carbons (Fsp3) is 0.182. The number of hydrogen-bond donors (Lipinski definition) is 2. The minimum atomic E-state index is -0.260. The Hall–Kier alpha value is -3.21. The summed E-state index contributed by atoms with van der Waals surface area (Å²) in [6.07, 6.45) is 3.89. The third kappa shape index (κ3) is 5.64. The van der Waals surface area contributed by atoms with Crippen LogP contribution in [0.4, 0.5) is 10.1 Å². The number of halogens is 1. The first-order valence-corrected chi connectivity index (χ1v) is 8.87. The number of pyridine rings is 1. The molecule has 3 rings (SSSR count). The molecule has 1 amide bonds. The first kappa shape index (κ1) is 18.6. The lowest BCUT2D eigenvalue weighted by molar-refractivity contribution is 0.0954. The van der Waals surface area contributed by atoms with Gasteiger partial charge in [-0.3, -0.25) is 9.78 Å². The molecule has 0 saturated carbocycles. The van der Waals surface area contributed by atoms with Gasteiger partial charge in [0.25, 0.3) is 5.91 Å². The maximum absolute atomic E-state index is 12.9. The van der Waals surface area contributed by atoms with E-state index in [0.29, 0.717) is 25.1 Å². The molecule has 1 aromatic heterocycles. The van der Waals surface area contributed by atoms with Crippen LogP contribution in [-0.4, -0.2) is 17.4 Å². The Labute approximate surface area is 158 Å². The highest BCUT2D eigenvalue weighted by atomic mass is 19.1. The Morgan fingerprint density at radius 1 is 1.00 bits per heavy atom. The van der Waals surface area contributed by atoms with Gasteiger partial charge >= 0.3 is 0 Å². The first-order valence-electron chi connectivity index (χ1n) is 8.87. The van der Waals surface area contributed by atoms with E-state index < -0.39 is 0 Å². The van der Waals surface area contributed by atoms with E-state index in [4.69, 9.17) is 0 Å². The molecule has 0 bridgehead atoms. The fourth-order valence-electron chi connectivity index (χ4n) is 2.64. The molecule has 2 aromatic carbocycles. The maximum Gasteiger partial charge on any atom is 0.252 e. The normalized spacial score (nSPS) is 10.4. The minimum Gasteiger partial charge on any atom is -0.380 e. The van der Waals surface area contributed by atoms with Crippen molar-refractivity contribution in [3.8, 4) is 0 Å². The Morgan fingerprint density at radius 2 is 1.70 bits per heavy atom. The van der Waals surface area contributed by atoms with E-state index in [1.807, 2.05) is 0 Å². The summed E-state index contributed by atoms with van der Waals surface area (Å²) in [6.45, 7) is 3.20. The number of anilines is 1. The molecule has 0 spiro atoms. The topological polar surface area (TPSA) is 54.0 Å². The molecule has 0 atom stereocenters. The lowest BCUT2D eigenvalue weighted by Gasteiger charge is -2.09. The van der Waals surface area contributed by atoms with Crippen molar-refractivity contribution in [1.29, 1.82) is 0 Å². The van der Waals surface area contributed by atoms with Crippen LogP contribution in [0.3, 0.4) is 0 Å². The summed E-state index contributed by atoms with van der Waals surface area (Å²) < 4.78 is 12.9. The molecule has 0 aliphatic rings.